The Bertz CT molecular complexity index is 1380. The molecule has 1 unspecified atom stereocenters. The largest absolute Gasteiger partial charge is 0.507 e. The maximum atomic E-state index is 10.9. The third-order valence-corrected chi connectivity index (χ3v) is 6.75. The van der Waals surface area contributed by atoms with E-state index in [4.69, 9.17) is 9.98 Å². The lowest BCUT2D eigenvalue weighted by Gasteiger charge is -2.21. The molecule has 0 aromatic heterocycles. The van der Waals surface area contributed by atoms with Crippen molar-refractivity contribution in [1.82, 2.24) is 0 Å². The first-order valence-electron chi connectivity index (χ1n) is 12.5. The Morgan fingerprint density at radius 2 is 1.33 bits per heavy atom. The molecule has 1 aliphatic rings. The van der Waals surface area contributed by atoms with Crippen LogP contribution >= 0.6 is 0 Å². The summed E-state index contributed by atoms with van der Waals surface area (Å²) in [6.07, 6.45) is 5.81. The number of nitrogens with zero attached hydrogens (tertiary/aromatic N) is 2. The van der Waals surface area contributed by atoms with Crippen molar-refractivity contribution >= 4 is 11.9 Å². The number of phenolic OH excluding ortho intramolecular Hbond substituents is 2. The van der Waals surface area contributed by atoms with Gasteiger partial charge in [-0.15, -0.1) is 0 Å². The molecule has 2 N–H and O–H groups in total. The van der Waals surface area contributed by atoms with Gasteiger partial charge in [0, 0.05) is 34.2 Å². The number of hydrogen-bond acceptors (Lipinski definition) is 4. The molecule has 1 fully saturated rings. The fourth-order valence-corrected chi connectivity index (χ4v) is 4.76. The van der Waals surface area contributed by atoms with Crippen molar-refractivity contribution in [2.45, 2.75) is 38.3 Å². The lowest BCUT2D eigenvalue weighted by Crippen LogP contribution is -2.23. The summed E-state index contributed by atoms with van der Waals surface area (Å²) in [6.45, 7) is 0.419. The summed E-state index contributed by atoms with van der Waals surface area (Å²) in [5.74, 6) is 0.524. The van der Waals surface area contributed by atoms with Crippen LogP contribution in [0.1, 0.15) is 36.8 Å². The summed E-state index contributed by atoms with van der Waals surface area (Å²) in [5.41, 5.74) is 6.15. The van der Waals surface area contributed by atoms with Crippen molar-refractivity contribution in [3.63, 3.8) is 0 Å². The first-order chi connectivity index (χ1) is 17.7. The lowest BCUT2D eigenvalue weighted by atomic mass is 9.93. The molecule has 5 rings (SSSR count). The second-order valence-electron chi connectivity index (χ2n) is 9.14. The number of benzene rings is 4. The van der Waals surface area contributed by atoms with Gasteiger partial charge >= 0.3 is 0 Å². The molecule has 0 saturated heterocycles. The van der Waals surface area contributed by atoms with Crippen LogP contribution in [-0.2, 0) is 6.54 Å². The third kappa shape index (κ3) is 5.23. The number of aromatic hydroxyl groups is 2. The Kier molecular flexibility index (Phi) is 7.23. The van der Waals surface area contributed by atoms with Gasteiger partial charge in [0.15, 0.2) is 0 Å². The Morgan fingerprint density at radius 1 is 0.694 bits per heavy atom. The summed E-state index contributed by atoms with van der Waals surface area (Å²) >= 11 is 0. The van der Waals surface area contributed by atoms with Crippen molar-refractivity contribution < 1.29 is 10.2 Å². The maximum absolute atomic E-state index is 10.9. The van der Waals surface area contributed by atoms with Gasteiger partial charge in [-0.3, -0.25) is 9.98 Å². The molecule has 1 aliphatic carbocycles. The molecule has 0 aliphatic heterocycles. The Labute approximate surface area is 212 Å². The Hall–Kier alpha value is -4.18. The van der Waals surface area contributed by atoms with Gasteiger partial charge in [0.1, 0.15) is 11.5 Å². The maximum Gasteiger partial charge on any atom is 0.132 e. The summed E-state index contributed by atoms with van der Waals surface area (Å²) < 4.78 is 0. The number of phenols is 2. The fraction of sp³-hybridized carbons (Fsp3) is 0.188. The minimum absolute atomic E-state index is 0.0158. The Balaban J connectivity index is 1.36. The molecule has 1 atom stereocenters. The standard InChI is InChI=1S/C32H30N2O2/c35-31-25(15-9-17-27(31)23-11-3-1-4-12-23)21-33-29-19-7-8-20-30(29)34-22-26-16-10-18-28(32(26)36)24-13-5-2-6-14-24/h1-6,9-18,21,29,35-36H,7-8,19-20,22H2/b33-21+,34-30+. The van der Waals surface area contributed by atoms with E-state index in [1.165, 1.54) is 0 Å². The molecule has 180 valence electrons. The average Bonchev–Trinajstić information content (AvgIpc) is 2.93. The van der Waals surface area contributed by atoms with Gasteiger partial charge < -0.3 is 10.2 Å². The van der Waals surface area contributed by atoms with Gasteiger partial charge in [-0.25, -0.2) is 0 Å². The van der Waals surface area contributed by atoms with Crippen LogP contribution in [0.3, 0.4) is 0 Å². The number of hydrogen-bond donors (Lipinski definition) is 2. The van der Waals surface area contributed by atoms with Crippen molar-refractivity contribution in [3.05, 3.63) is 108 Å². The van der Waals surface area contributed by atoms with Crippen LogP contribution in [0.15, 0.2) is 107 Å². The highest BCUT2D eigenvalue weighted by molar-refractivity contribution is 5.94. The number of para-hydroxylation sites is 2. The van der Waals surface area contributed by atoms with Gasteiger partial charge in [0.05, 0.1) is 12.6 Å². The first kappa shape index (κ1) is 23.6. The molecule has 0 spiro atoms. The fourth-order valence-electron chi connectivity index (χ4n) is 4.76. The lowest BCUT2D eigenvalue weighted by molar-refractivity contribution is 0.470. The van der Waals surface area contributed by atoms with E-state index in [0.717, 1.165) is 59.2 Å². The predicted octanol–water partition coefficient (Wildman–Crippen LogP) is 7.43. The molecule has 0 heterocycles. The molecule has 4 heteroatoms. The van der Waals surface area contributed by atoms with Crippen molar-refractivity contribution in [2.75, 3.05) is 0 Å². The highest BCUT2D eigenvalue weighted by Gasteiger charge is 2.20. The van der Waals surface area contributed by atoms with Gasteiger partial charge in [0.2, 0.25) is 0 Å². The van der Waals surface area contributed by atoms with Crippen LogP contribution in [0.5, 0.6) is 11.5 Å². The van der Waals surface area contributed by atoms with Gasteiger partial charge in [-0.2, -0.15) is 0 Å². The van der Waals surface area contributed by atoms with Crippen LogP contribution in [0.25, 0.3) is 22.3 Å². The van der Waals surface area contributed by atoms with E-state index in [1.807, 2.05) is 97.1 Å². The molecule has 4 aromatic rings. The molecule has 36 heavy (non-hydrogen) atoms. The summed E-state index contributed by atoms with van der Waals surface area (Å²) in [4.78, 5) is 9.76. The highest BCUT2D eigenvalue weighted by atomic mass is 16.3. The van der Waals surface area contributed by atoms with Crippen LogP contribution in [-0.4, -0.2) is 28.2 Å². The minimum Gasteiger partial charge on any atom is -0.507 e. The summed E-state index contributed by atoms with van der Waals surface area (Å²) in [7, 11) is 0. The molecular weight excluding hydrogens is 444 g/mol. The minimum atomic E-state index is -0.0158. The summed E-state index contributed by atoms with van der Waals surface area (Å²) in [6, 6.07) is 31.4. The van der Waals surface area contributed by atoms with E-state index < -0.39 is 0 Å². The average molecular weight is 475 g/mol. The summed E-state index contributed by atoms with van der Waals surface area (Å²) in [5, 5.41) is 21.8. The van der Waals surface area contributed by atoms with Crippen LogP contribution in [0.2, 0.25) is 0 Å². The molecular formula is C32H30N2O2. The molecule has 4 nitrogen and oxygen atoms in total. The number of rotatable bonds is 6. The monoisotopic (exact) mass is 474 g/mol. The van der Waals surface area contributed by atoms with E-state index in [1.54, 1.807) is 6.21 Å². The van der Waals surface area contributed by atoms with E-state index in [2.05, 4.69) is 0 Å². The zero-order chi connectivity index (χ0) is 24.7. The Morgan fingerprint density at radius 3 is 2.03 bits per heavy atom. The van der Waals surface area contributed by atoms with Gasteiger partial charge in [-0.1, -0.05) is 97.4 Å². The van der Waals surface area contributed by atoms with Crippen molar-refractivity contribution in [1.29, 1.82) is 0 Å². The first-order valence-corrected chi connectivity index (χ1v) is 12.5. The third-order valence-electron chi connectivity index (χ3n) is 6.75. The topological polar surface area (TPSA) is 65.2 Å². The normalized spacial score (nSPS) is 17.0. The zero-order valence-electron chi connectivity index (χ0n) is 20.2. The molecule has 0 amide bonds. The van der Waals surface area contributed by atoms with E-state index in [9.17, 15) is 10.2 Å². The molecule has 4 aromatic carbocycles. The quantitative estimate of drug-likeness (QED) is 0.285. The van der Waals surface area contributed by atoms with Crippen LogP contribution < -0.4 is 0 Å². The second kappa shape index (κ2) is 11.0. The number of aliphatic imine (C=N–C) groups is 2. The van der Waals surface area contributed by atoms with Crippen LogP contribution in [0.4, 0.5) is 0 Å². The van der Waals surface area contributed by atoms with E-state index in [0.29, 0.717) is 12.1 Å². The SMILES string of the molecule is Oc1c(/C=N/C2CCCC/C2=N\Cc2cccc(-c3ccccc3)c2O)cccc1-c1ccccc1. The van der Waals surface area contributed by atoms with E-state index in [-0.39, 0.29) is 17.5 Å². The van der Waals surface area contributed by atoms with Gasteiger partial charge in [0.25, 0.3) is 0 Å². The zero-order valence-corrected chi connectivity index (χ0v) is 20.2. The molecule has 0 bridgehead atoms. The van der Waals surface area contributed by atoms with Gasteiger partial charge in [-0.05, 0) is 36.5 Å². The highest BCUT2D eigenvalue weighted by Crippen LogP contribution is 2.33. The van der Waals surface area contributed by atoms with E-state index >= 15 is 0 Å². The smallest absolute Gasteiger partial charge is 0.132 e. The predicted molar refractivity (Wildman–Crippen MR) is 148 cm³/mol. The van der Waals surface area contributed by atoms with Crippen molar-refractivity contribution in [2.24, 2.45) is 9.98 Å². The van der Waals surface area contributed by atoms with Crippen molar-refractivity contribution in [3.8, 4) is 33.8 Å². The van der Waals surface area contributed by atoms with Crippen LogP contribution in [0, 0.1) is 0 Å². The second-order valence-corrected chi connectivity index (χ2v) is 9.14. The molecule has 0 radical (unpaired) electrons. The molecule has 1 saturated carbocycles.